The van der Waals surface area contributed by atoms with Gasteiger partial charge < -0.3 is 14.4 Å². The maximum absolute atomic E-state index is 10.7. The third kappa shape index (κ3) is 3.46. The number of aryl methyl sites for hydroxylation is 1. The molecule has 1 aromatic carbocycles. The average Bonchev–Trinajstić information content (AvgIpc) is 2.96. The second-order valence-electron chi connectivity index (χ2n) is 5.31. The molecule has 0 spiro atoms. The molecule has 0 aliphatic heterocycles. The largest absolute Gasteiger partial charge is 0.481 e. The molecule has 0 radical (unpaired) electrons. The summed E-state index contributed by atoms with van der Waals surface area (Å²) in [6, 6.07) is 8.56. The van der Waals surface area contributed by atoms with E-state index in [-0.39, 0.29) is 12.8 Å². The van der Waals surface area contributed by atoms with E-state index in [2.05, 4.69) is 15.4 Å². The van der Waals surface area contributed by atoms with E-state index in [9.17, 15) is 4.79 Å². The van der Waals surface area contributed by atoms with Crippen molar-refractivity contribution in [2.75, 3.05) is 0 Å². The second-order valence-corrected chi connectivity index (χ2v) is 6.03. The van der Waals surface area contributed by atoms with E-state index in [0.29, 0.717) is 28.1 Å². The minimum atomic E-state index is -1.19. The highest BCUT2D eigenvalue weighted by molar-refractivity contribution is 6.22. The number of carboxylic acids is 1. The number of hydrogen-bond donors (Lipinski definition) is 1. The molecule has 0 saturated heterocycles. The lowest BCUT2D eigenvalue weighted by atomic mass is 10.1. The summed E-state index contributed by atoms with van der Waals surface area (Å²) in [5, 5.41) is 20.0. The van der Waals surface area contributed by atoms with E-state index in [1.165, 1.54) is 0 Å². The van der Waals surface area contributed by atoms with Crippen LogP contribution in [0.1, 0.15) is 24.7 Å². The number of hydrogen-bond acceptors (Lipinski definition) is 6. The number of benzene rings is 1. The van der Waals surface area contributed by atoms with Crippen LogP contribution in [-0.2, 0) is 16.3 Å². The summed E-state index contributed by atoms with van der Waals surface area (Å²) < 4.78 is 11.0. The monoisotopic (exact) mass is 347 g/mol. The molecule has 0 amide bonds. The van der Waals surface area contributed by atoms with E-state index < -0.39 is 11.0 Å². The number of ether oxygens (including phenoxy) is 1. The van der Waals surface area contributed by atoms with Gasteiger partial charge in [-0.05, 0) is 37.3 Å². The maximum Gasteiger partial charge on any atom is 0.303 e. The zero-order valence-electron chi connectivity index (χ0n) is 12.8. The lowest BCUT2D eigenvalue weighted by Crippen LogP contribution is -2.23. The fourth-order valence-corrected chi connectivity index (χ4v) is 2.44. The first-order valence-electron chi connectivity index (χ1n) is 7.22. The second kappa shape index (κ2) is 6.45. The van der Waals surface area contributed by atoms with Gasteiger partial charge in [0, 0.05) is 18.0 Å². The molecule has 2 heterocycles. The van der Waals surface area contributed by atoms with Gasteiger partial charge in [-0.3, -0.25) is 4.79 Å². The molecule has 1 atom stereocenters. The molecule has 1 N–H and O–H groups in total. The molecule has 8 heteroatoms. The summed E-state index contributed by atoms with van der Waals surface area (Å²) in [6.45, 7) is 1.67. The van der Waals surface area contributed by atoms with Crippen LogP contribution in [-0.4, -0.2) is 26.4 Å². The summed E-state index contributed by atoms with van der Waals surface area (Å²) >= 11 is 6.42. The van der Waals surface area contributed by atoms with Crippen LogP contribution in [0.3, 0.4) is 0 Å². The Labute approximate surface area is 142 Å². The Kier molecular flexibility index (Phi) is 4.35. The first kappa shape index (κ1) is 16.2. The van der Waals surface area contributed by atoms with Crippen LogP contribution in [0.4, 0.5) is 0 Å². The number of carbonyl (C=O) groups is 1. The van der Waals surface area contributed by atoms with Crippen LogP contribution >= 0.6 is 11.6 Å². The highest BCUT2D eigenvalue weighted by Crippen LogP contribution is 2.33. The zero-order valence-corrected chi connectivity index (χ0v) is 13.5. The smallest absolute Gasteiger partial charge is 0.303 e. The lowest BCUT2D eigenvalue weighted by Gasteiger charge is -2.22. The van der Waals surface area contributed by atoms with Crippen molar-refractivity contribution in [1.82, 2.24) is 15.4 Å². The summed E-state index contributed by atoms with van der Waals surface area (Å²) in [6.07, 6.45) is 1.79. The maximum atomic E-state index is 10.7. The van der Waals surface area contributed by atoms with E-state index in [4.69, 9.17) is 26.0 Å². The molecular weight excluding hydrogens is 334 g/mol. The topological polar surface area (TPSA) is 98.3 Å². The molecule has 0 bridgehead atoms. The quantitative estimate of drug-likeness (QED) is 0.684. The molecule has 3 rings (SSSR count). The SMILES string of the molecule is CC(Cl)(Oc1ccc2onc(CCC(=O)O)c2c1)c1cccnn1. The van der Waals surface area contributed by atoms with Crippen LogP contribution in [0.15, 0.2) is 41.1 Å². The van der Waals surface area contributed by atoms with Crippen molar-refractivity contribution in [3.8, 4) is 5.75 Å². The van der Waals surface area contributed by atoms with Crippen molar-refractivity contribution in [1.29, 1.82) is 0 Å². The fraction of sp³-hybridized carbons (Fsp3) is 0.250. The zero-order chi connectivity index (χ0) is 17.2. The van der Waals surface area contributed by atoms with Crippen LogP contribution in [0.5, 0.6) is 5.75 Å². The van der Waals surface area contributed by atoms with Gasteiger partial charge in [0.1, 0.15) is 11.4 Å². The summed E-state index contributed by atoms with van der Waals surface area (Å²) in [5.74, 6) is -0.403. The van der Waals surface area contributed by atoms with E-state index in [0.717, 1.165) is 0 Å². The molecule has 1 unspecified atom stereocenters. The molecule has 0 fully saturated rings. The van der Waals surface area contributed by atoms with Gasteiger partial charge >= 0.3 is 5.97 Å². The minimum absolute atomic E-state index is 0.0282. The lowest BCUT2D eigenvalue weighted by molar-refractivity contribution is -0.136. The molecule has 3 aromatic rings. The van der Waals surface area contributed by atoms with Gasteiger partial charge in [-0.25, -0.2) is 0 Å². The number of aromatic nitrogens is 3. The first-order valence-corrected chi connectivity index (χ1v) is 7.60. The van der Waals surface area contributed by atoms with Crippen LogP contribution in [0, 0.1) is 0 Å². The Balaban J connectivity index is 1.87. The van der Waals surface area contributed by atoms with Crippen LogP contribution in [0.2, 0.25) is 0 Å². The summed E-state index contributed by atoms with van der Waals surface area (Å²) in [4.78, 5) is 10.7. The Bertz CT molecular complexity index is 864. The molecule has 2 aromatic heterocycles. The van der Waals surface area contributed by atoms with Gasteiger partial charge in [0.05, 0.1) is 12.1 Å². The fourth-order valence-electron chi connectivity index (χ4n) is 2.25. The molecule has 124 valence electrons. The standard InChI is InChI=1S/C16H14ClN3O4/c1-16(17,14-3-2-8-18-19-14)23-10-4-6-13-11(9-10)12(20-24-13)5-7-15(21)22/h2-4,6,8-9H,5,7H2,1H3,(H,21,22). The minimum Gasteiger partial charge on any atom is -0.481 e. The van der Waals surface area contributed by atoms with E-state index in [1.807, 2.05) is 0 Å². The normalized spacial score (nSPS) is 13.6. The highest BCUT2D eigenvalue weighted by atomic mass is 35.5. The summed E-state index contributed by atoms with van der Waals surface area (Å²) in [5.41, 5.74) is 1.59. The molecule has 0 saturated carbocycles. The Hall–Kier alpha value is -2.67. The number of alkyl halides is 1. The van der Waals surface area contributed by atoms with Crippen LogP contribution < -0.4 is 4.74 Å². The third-order valence-corrected chi connectivity index (χ3v) is 3.70. The van der Waals surface area contributed by atoms with Crippen molar-refractivity contribution in [3.63, 3.8) is 0 Å². The van der Waals surface area contributed by atoms with E-state index in [1.54, 1.807) is 43.5 Å². The number of nitrogens with zero attached hydrogens (tertiary/aromatic N) is 3. The Morgan fingerprint density at radius 1 is 1.42 bits per heavy atom. The van der Waals surface area contributed by atoms with Crippen molar-refractivity contribution < 1.29 is 19.2 Å². The van der Waals surface area contributed by atoms with Crippen LogP contribution in [0.25, 0.3) is 11.0 Å². The molecule has 24 heavy (non-hydrogen) atoms. The third-order valence-electron chi connectivity index (χ3n) is 3.43. The van der Waals surface area contributed by atoms with Crippen molar-refractivity contribution in [2.45, 2.75) is 24.8 Å². The average molecular weight is 348 g/mol. The molecule has 7 nitrogen and oxygen atoms in total. The van der Waals surface area contributed by atoms with Gasteiger partial charge in [-0.1, -0.05) is 16.8 Å². The number of aliphatic carboxylic acids is 1. The van der Waals surface area contributed by atoms with Gasteiger partial charge in [0.25, 0.3) is 0 Å². The van der Waals surface area contributed by atoms with Crippen molar-refractivity contribution in [2.24, 2.45) is 0 Å². The van der Waals surface area contributed by atoms with Gasteiger partial charge in [0.15, 0.2) is 5.58 Å². The van der Waals surface area contributed by atoms with Crippen molar-refractivity contribution in [3.05, 3.63) is 47.9 Å². The van der Waals surface area contributed by atoms with Crippen molar-refractivity contribution >= 4 is 28.5 Å². The van der Waals surface area contributed by atoms with Gasteiger partial charge in [-0.15, -0.1) is 5.10 Å². The number of fused-ring (bicyclic) bond motifs is 1. The number of halogens is 1. The Morgan fingerprint density at radius 2 is 2.25 bits per heavy atom. The Morgan fingerprint density at radius 3 is 2.96 bits per heavy atom. The van der Waals surface area contributed by atoms with Gasteiger partial charge in [0.2, 0.25) is 5.06 Å². The first-order chi connectivity index (χ1) is 11.5. The number of rotatable bonds is 6. The van der Waals surface area contributed by atoms with E-state index >= 15 is 0 Å². The number of carboxylic acid groups (broad SMARTS) is 1. The summed E-state index contributed by atoms with van der Waals surface area (Å²) in [7, 11) is 0. The predicted octanol–water partition coefficient (Wildman–Crippen LogP) is 3.13. The molecule has 0 aliphatic rings. The molecular formula is C16H14ClN3O4. The highest BCUT2D eigenvalue weighted by Gasteiger charge is 2.28. The molecule has 0 aliphatic carbocycles. The van der Waals surface area contributed by atoms with Gasteiger partial charge in [-0.2, -0.15) is 5.10 Å². The predicted molar refractivity (Wildman–Crippen MR) is 85.8 cm³/mol.